The average Bonchev–Trinajstić information content (AvgIpc) is 2.59. The number of benzene rings is 2. The maximum Gasteiger partial charge on any atom is 0.244 e. The van der Waals surface area contributed by atoms with Gasteiger partial charge in [0, 0.05) is 11.3 Å². The molecule has 0 saturated heterocycles. The predicted molar refractivity (Wildman–Crippen MR) is 93.8 cm³/mol. The SMILES string of the molecule is O=C1CN(C(=O)CCCSc2ccc(F)cc2)c2ccccc2N1. The van der Waals surface area contributed by atoms with Crippen LogP contribution in [0.4, 0.5) is 15.8 Å². The van der Waals surface area contributed by atoms with Gasteiger partial charge in [-0.25, -0.2) is 4.39 Å². The Bertz CT molecular complexity index is 749. The van der Waals surface area contributed by atoms with Gasteiger partial charge in [0.1, 0.15) is 12.4 Å². The molecule has 6 heteroatoms. The minimum atomic E-state index is -0.253. The van der Waals surface area contributed by atoms with Gasteiger partial charge >= 0.3 is 0 Å². The highest BCUT2D eigenvalue weighted by Crippen LogP contribution is 2.29. The van der Waals surface area contributed by atoms with Gasteiger partial charge in [-0.1, -0.05) is 12.1 Å². The number of rotatable bonds is 5. The van der Waals surface area contributed by atoms with Gasteiger partial charge in [-0.15, -0.1) is 11.8 Å². The summed E-state index contributed by atoms with van der Waals surface area (Å²) in [6, 6.07) is 13.6. The van der Waals surface area contributed by atoms with E-state index in [9.17, 15) is 14.0 Å². The molecule has 4 nitrogen and oxygen atoms in total. The molecule has 124 valence electrons. The molecule has 2 aromatic rings. The van der Waals surface area contributed by atoms with Crippen molar-refractivity contribution in [3.8, 4) is 0 Å². The number of nitrogens with one attached hydrogen (secondary N) is 1. The highest BCUT2D eigenvalue weighted by Gasteiger charge is 2.25. The van der Waals surface area contributed by atoms with Crippen LogP contribution < -0.4 is 10.2 Å². The average molecular weight is 344 g/mol. The first-order valence-corrected chi connectivity index (χ1v) is 8.69. The van der Waals surface area contributed by atoms with Crippen LogP contribution >= 0.6 is 11.8 Å². The first-order valence-electron chi connectivity index (χ1n) is 7.71. The number of amides is 2. The lowest BCUT2D eigenvalue weighted by Gasteiger charge is -2.29. The Balaban J connectivity index is 1.54. The summed E-state index contributed by atoms with van der Waals surface area (Å²) < 4.78 is 12.8. The first-order chi connectivity index (χ1) is 11.6. The Morgan fingerprint density at radius 1 is 1.17 bits per heavy atom. The van der Waals surface area contributed by atoms with Crippen LogP contribution in [-0.2, 0) is 9.59 Å². The molecular weight excluding hydrogens is 327 g/mol. The largest absolute Gasteiger partial charge is 0.323 e. The van der Waals surface area contributed by atoms with Crippen LogP contribution in [0.5, 0.6) is 0 Å². The van der Waals surface area contributed by atoms with Crippen molar-refractivity contribution >= 4 is 35.0 Å². The number of para-hydroxylation sites is 2. The molecule has 0 atom stereocenters. The lowest BCUT2D eigenvalue weighted by Crippen LogP contribution is -2.42. The van der Waals surface area contributed by atoms with E-state index in [0.29, 0.717) is 18.5 Å². The van der Waals surface area contributed by atoms with Crippen molar-refractivity contribution in [2.45, 2.75) is 17.7 Å². The molecule has 0 unspecified atom stereocenters. The normalized spacial score (nSPS) is 13.4. The molecule has 0 fully saturated rings. The Morgan fingerprint density at radius 3 is 2.71 bits per heavy atom. The summed E-state index contributed by atoms with van der Waals surface area (Å²) in [6.45, 7) is 0.0565. The number of carbonyl (C=O) groups excluding carboxylic acids is 2. The molecular formula is C18H17FN2O2S. The number of hydrogen-bond acceptors (Lipinski definition) is 3. The summed E-state index contributed by atoms with van der Waals surface area (Å²) in [7, 11) is 0. The fourth-order valence-corrected chi connectivity index (χ4v) is 3.39. The molecule has 1 heterocycles. The summed E-state index contributed by atoms with van der Waals surface area (Å²) >= 11 is 1.59. The molecule has 1 aliphatic rings. The van der Waals surface area contributed by atoms with E-state index in [1.54, 1.807) is 30.0 Å². The Labute approximate surface area is 144 Å². The van der Waals surface area contributed by atoms with E-state index < -0.39 is 0 Å². The third kappa shape index (κ3) is 3.94. The molecule has 2 aromatic carbocycles. The number of hydrogen-bond donors (Lipinski definition) is 1. The zero-order chi connectivity index (χ0) is 16.9. The molecule has 2 amide bonds. The van der Waals surface area contributed by atoms with Crippen LogP contribution in [0.15, 0.2) is 53.4 Å². The van der Waals surface area contributed by atoms with Crippen molar-refractivity contribution in [3.05, 3.63) is 54.3 Å². The second-order valence-corrected chi connectivity index (χ2v) is 6.62. The van der Waals surface area contributed by atoms with Gasteiger partial charge in [0.05, 0.1) is 11.4 Å². The fraction of sp³-hybridized carbons (Fsp3) is 0.222. The van der Waals surface area contributed by atoms with E-state index >= 15 is 0 Å². The molecule has 0 aromatic heterocycles. The topological polar surface area (TPSA) is 49.4 Å². The van der Waals surface area contributed by atoms with Crippen LogP contribution in [0.2, 0.25) is 0 Å². The Kier molecular flexibility index (Phi) is 5.15. The standard InChI is InChI=1S/C18H17FN2O2S/c19-13-7-9-14(10-8-13)24-11-3-6-18(23)21-12-17(22)20-15-4-1-2-5-16(15)21/h1-2,4-5,7-10H,3,6,11-12H2,(H,20,22). The lowest BCUT2D eigenvalue weighted by atomic mass is 10.1. The van der Waals surface area contributed by atoms with Crippen molar-refractivity contribution in [2.24, 2.45) is 0 Å². The van der Waals surface area contributed by atoms with Gasteiger partial charge in [0.15, 0.2) is 0 Å². The minimum Gasteiger partial charge on any atom is -0.323 e. The quantitative estimate of drug-likeness (QED) is 0.665. The van der Waals surface area contributed by atoms with E-state index in [0.717, 1.165) is 16.3 Å². The van der Waals surface area contributed by atoms with Crippen LogP contribution in [0.1, 0.15) is 12.8 Å². The van der Waals surface area contributed by atoms with Gasteiger partial charge in [0.2, 0.25) is 11.8 Å². The lowest BCUT2D eigenvalue weighted by molar-refractivity contribution is -0.121. The van der Waals surface area contributed by atoms with Gasteiger partial charge in [-0.2, -0.15) is 0 Å². The highest BCUT2D eigenvalue weighted by molar-refractivity contribution is 7.99. The second-order valence-electron chi connectivity index (χ2n) is 5.45. The van der Waals surface area contributed by atoms with Crippen LogP contribution in [0.3, 0.4) is 0 Å². The molecule has 0 spiro atoms. The highest BCUT2D eigenvalue weighted by atomic mass is 32.2. The first kappa shape index (κ1) is 16.5. The van der Waals surface area contributed by atoms with E-state index in [1.807, 2.05) is 18.2 Å². The van der Waals surface area contributed by atoms with Crippen molar-refractivity contribution in [1.82, 2.24) is 0 Å². The fourth-order valence-electron chi connectivity index (χ4n) is 2.53. The number of thioether (sulfide) groups is 1. The maximum atomic E-state index is 12.8. The molecule has 1 aliphatic heterocycles. The van der Waals surface area contributed by atoms with Gasteiger partial charge in [-0.3, -0.25) is 9.59 Å². The van der Waals surface area contributed by atoms with Crippen LogP contribution in [0.25, 0.3) is 0 Å². The van der Waals surface area contributed by atoms with Crippen molar-refractivity contribution in [2.75, 3.05) is 22.5 Å². The number of carbonyl (C=O) groups is 2. The number of nitrogens with zero attached hydrogens (tertiary/aromatic N) is 1. The van der Waals surface area contributed by atoms with Crippen LogP contribution in [0, 0.1) is 5.82 Å². The molecule has 3 rings (SSSR count). The summed E-state index contributed by atoms with van der Waals surface area (Å²) in [4.78, 5) is 26.7. The number of halogens is 1. The van der Waals surface area contributed by atoms with Gasteiger partial charge in [-0.05, 0) is 48.6 Å². The molecule has 0 aliphatic carbocycles. The number of anilines is 2. The van der Waals surface area contributed by atoms with Gasteiger partial charge in [0.25, 0.3) is 0 Å². The van der Waals surface area contributed by atoms with Crippen LogP contribution in [-0.4, -0.2) is 24.1 Å². The molecule has 1 N–H and O–H groups in total. The molecule has 24 heavy (non-hydrogen) atoms. The summed E-state index contributed by atoms with van der Waals surface area (Å²) in [5, 5.41) is 2.77. The zero-order valence-corrected chi connectivity index (χ0v) is 13.8. The summed E-state index contributed by atoms with van der Waals surface area (Å²) in [5.74, 6) is 0.273. The van der Waals surface area contributed by atoms with Crippen molar-refractivity contribution in [1.29, 1.82) is 0 Å². The van der Waals surface area contributed by atoms with E-state index in [4.69, 9.17) is 0 Å². The minimum absolute atomic E-state index is 0.0565. The van der Waals surface area contributed by atoms with Crippen molar-refractivity contribution < 1.29 is 14.0 Å². The Morgan fingerprint density at radius 2 is 1.92 bits per heavy atom. The van der Waals surface area contributed by atoms with E-state index in [-0.39, 0.29) is 24.2 Å². The predicted octanol–water partition coefficient (Wildman–Crippen LogP) is 3.68. The smallest absolute Gasteiger partial charge is 0.244 e. The summed E-state index contributed by atoms with van der Waals surface area (Å²) in [6.07, 6.45) is 1.07. The molecule has 0 bridgehead atoms. The van der Waals surface area contributed by atoms with E-state index in [1.165, 1.54) is 17.0 Å². The number of fused-ring (bicyclic) bond motifs is 1. The van der Waals surface area contributed by atoms with Gasteiger partial charge < -0.3 is 10.2 Å². The monoisotopic (exact) mass is 344 g/mol. The van der Waals surface area contributed by atoms with Crippen molar-refractivity contribution in [3.63, 3.8) is 0 Å². The third-order valence-corrected chi connectivity index (χ3v) is 4.79. The van der Waals surface area contributed by atoms with E-state index in [2.05, 4.69) is 5.32 Å². The Hall–Kier alpha value is -2.34. The summed E-state index contributed by atoms with van der Waals surface area (Å²) in [5.41, 5.74) is 1.41. The molecule has 0 saturated carbocycles. The maximum absolute atomic E-state index is 12.8. The molecule has 0 radical (unpaired) electrons. The third-order valence-electron chi connectivity index (χ3n) is 3.69. The second kappa shape index (κ2) is 7.49. The zero-order valence-electron chi connectivity index (χ0n) is 13.0.